The van der Waals surface area contributed by atoms with Crippen molar-refractivity contribution in [1.82, 2.24) is 4.90 Å². The summed E-state index contributed by atoms with van der Waals surface area (Å²) >= 11 is 0. The molecule has 3 aromatic rings. The van der Waals surface area contributed by atoms with E-state index in [0.717, 1.165) is 59.0 Å². The largest absolute Gasteiger partial charge is 0.508 e. The summed E-state index contributed by atoms with van der Waals surface area (Å²) in [7, 11) is 0. The van der Waals surface area contributed by atoms with Crippen LogP contribution >= 0.6 is 0 Å². The van der Waals surface area contributed by atoms with Gasteiger partial charge in [-0.25, -0.2) is 0 Å². The quantitative estimate of drug-likeness (QED) is 0.467. The summed E-state index contributed by atoms with van der Waals surface area (Å²) < 4.78 is 24.9. The zero-order chi connectivity index (χ0) is 23.7. The molecule has 0 radical (unpaired) electrons. The van der Waals surface area contributed by atoms with E-state index in [9.17, 15) is 9.50 Å². The molecule has 1 saturated heterocycles. The Balaban J connectivity index is 1.37. The number of phenols is 1. The second-order valence-electron chi connectivity index (χ2n) is 9.04. The summed E-state index contributed by atoms with van der Waals surface area (Å²) in [5, 5.41) is 10.0. The number of hydrogen-bond donors (Lipinski definition) is 2. The van der Waals surface area contributed by atoms with Crippen LogP contribution in [0, 0.1) is 5.92 Å². The number of halogens is 1. The molecule has 6 heteroatoms. The molecule has 5 rings (SSSR count). The van der Waals surface area contributed by atoms with Crippen molar-refractivity contribution in [3.05, 3.63) is 83.4 Å². The number of ether oxygens (including phenoxy) is 2. The number of rotatable bonds is 7. The number of allylic oxidation sites excluding steroid dienone is 1. The number of phenolic OH excluding ortho intramolecular Hbond substituents is 1. The third-order valence-corrected chi connectivity index (χ3v) is 6.61. The van der Waals surface area contributed by atoms with Gasteiger partial charge < -0.3 is 20.3 Å². The van der Waals surface area contributed by atoms with Crippen molar-refractivity contribution in [3.63, 3.8) is 0 Å². The maximum atomic E-state index is 12.6. The van der Waals surface area contributed by atoms with E-state index in [4.69, 9.17) is 15.2 Å². The van der Waals surface area contributed by atoms with Crippen LogP contribution in [0.5, 0.6) is 17.2 Å². The van der Waals surface area contributed by atoms with Gasteiger partial charge in [0.15, 0.2) is 0 Å². The Labute approximate surface area is 199 Å². The van der Waals surface area contributed by atoms with Gasteiger partial charge in [0.25, 0.3) is 0 Å². The molecule has 1 atom stereocenters. The third kappa shape index (κ3) is 4.46. The fraction of sp³-hybridized carbons (Fsp3) is 0.286. The SMILES string of the molecule is CC1=C(c2ccc(N)cc2)[C@H](c2ccc(OCCN3CC(CF)C3)cc2)Oc2ccc(O)cc21. The fourth-order valence-electron chi connectivity index (χ4n) is 4.70. The van der Waals surface area contributed by atoms with Crippen LogP contribution in [0.1, 0.15) is 29.7 Å². The zero-order valence-electron chi connectivity index (χ0n) is 19.2. The van der Waals surface area contributed by atoms with Crippen molar-refractivity contribution >= 4 is 16.8 Å². The molecule has 3 aromatic carbocycles. The molecular weight excluding hydrogens is 431 g/mol. The number of fused-ring (bicyclic) bond motifs is 1. The van der Waals surface area contributed by atoms with Gasteiger partial charge in [0, 0.05) is 42.4 Å². The Morgan fingerprint density at radius 1 is 1.06 bits per heavy atom. The number of likely N-dealkylation sites (tertiary alicyclic amines) is 1. The highest BCUT2D eigenvalue weighted by Crippen LogP contribution is 2.47. The molecule has 0 saturated carbocycles. The standard InChI is InChI=1S/C28H29FN2O3/c1-18-25-14-23(32)8-11-26(25)34-28(27(18)20-2-6-22(30)7-3-20)21-4-9-24(10-5-21)33-13-12-31-16-19(15-29)17-31/h2-11,14,19,28,32H,12-13,15-17,30H2,1H3/t28-/m0/s1. The highest BCUT2D eigenvalue weighted by atomic mass is 19.1. The maximum Gasteiger partial charge on any atom is 0.150 e. The zero-order valence-corrected chi connectivity index (χ0v) is 19.2. The summed E-state index contributed by atoms with van der Waals surface area (Å²) in [6.07, 6.45) is -0.312. The van der Waals surface area contributed by atoms with Gasteiger partial charge in [0.05, 0.1) is 6.67 Å². The summed E-state index contributed by atoms with van der Waals surface area (Å²) in [6.45, 7) is 4.83. The second-order valence-corrected chi connectivity index (χ2v) is 9.04. The van der Waals surface area contributed by atoms with Crippen LogP contribution in [0.25, 0.3) is 11.1 Å². The maximum absolute atomic E-state index is 12.6. The van der Waals surface area contributed by atoms with E-state index < -0.39 is 0 Å². The van der Waals surface area contributed by atoms with E-state index in [1.807, 2.05) is 54.6 Å². The molecule has 5 nitrogen and oxygen atoms in total. The normalized spacial score (nSPS) is 18.2. The number of nitrogen functional groups attached to an aromatic ring is 1. The van der Waals surface area contributed by atoms with Crippen molar-refractivity contribution in [1.29, 1.82) is 0 Å². The number of benzene rings is 3. The number of hydrogen-bond acceptors (Lipinski definition) is 5. The smallest absolute Gasteiger partial charge is 0.150 e. The second kappa shape index (κ2) is 9.39. The summed E-state index contributed by atoms with van der Waals surface area (Å²) in [5.41, 5.74) is 11.6. The Kier molecular flexibility index (Phi) is 6.16. The average molecular weight is 461 g/mol. The summed E-state index contributed by atoms with van der Waals surface area (Å²) in [5.74, 6) is 1.93. The predicted molar refractivity (Wildman–Crippen MR) is 133 cm³/mol. The van der Waals surface area contributed by atoms with Crippen molar-refractivity contribution in [2.75, 3.05) is 38.6 Å². The Morgan fingerprint density at radius 3 is 2.50 bits per heavy atom. The minimum Gasteiger partial charge on any atom is -0.508 e. The van der Waals surface area contributed by atoms with Crippen molar-refractivity contribution in [2.45, 2.75) is 13.0 Å². The molecule has 2 aliphatic rings. The van der Waals surface area contributed by atoms with Crippen molar-refractivity contribution in [3.8, 4) is 17.2 Å². The number of alkyl halides is 1. The summed E-state index contributed by atoms with van der Waals surface area (Å²) in [4.78, 5) is 2.20. The van der Waals surface area contributed by atoms with Gasteiger partial charge >= 0.3 is 0 Å². The molecule has 0 unspecified atom stereocenters. The number of anilines is 1. The third-order valence-electron chi connectivity index (χ3n) is 6.61. The summed E-state index contributed by atoms with van der Waals surface area (Å²) in [6, 6.07) is 20.9. The number of aromatic hydroxyl groups is 1. The van der Waals surface area contributed by atoms with Crippen LogP contribution in [0.2, 0.25) is 0 Å². The fourth-order valence-corrected chi connectivity index (χ4v) is 4.70. The van der Waals surface area contributed by atoms with Crippen LogP contribution in [0.15, 0.2) is 66.7 Å². The molecular formula is C28H29FN2O3. The minimum absolute atomic E-state index is 0.190. The van der Waals surface area contributed by atoms with Gasteiger partial charge in [0.2, 0.25) is 0 Å². The van der Waals surface area contributed by atoms with Crippen LogP contribution < -0.4 is 15.2 Å². The van der Waals surface area contributed by atoms with Gasteiger partial charge in [-0.05, 0) is 66.1 Å². The molecule has 176 valence electrons. The first-order valence-corrected chi connectivity index (χ1v) is 11.6. The van der Waals surface area contributed by atoms with Crippen molar-refractivity contribution < 1.29 is 19.0 Å². The Bertz CT molecular complexity index is 1190. The average Bonchev–Trinajstić information content (AvgIpc) is 2.82. The Hall–Kier alpha value is -3.51. The lowest BCUT2D eigenvalue weighted by atomic mass is 9.86. The van der Waals surface area contributed by atoms with E-state index in [1.54, 1.807) is 12.1 Å². The highest BCUT2D eigenvalue weighted by Gasteiger charge is 2.30. The first-order valence-electron chi connectivity index (χ1n) is 11.6. The highest BCUT2D eigenvalue weighted by molar-refractivity contribution is 5.95. The van der Waals surface area contributed by atoms with Crippen LogP contribution in [0.4, 0.5) is 10.1 Å². The minimum atomic E-state index is -0.312. The van der Waals surface area contributed by atoms with Gasteiger partial charge in [-0.15, -0.1) is 0 Å². The molecule has 0 aliphatic carbocycles. The van der Waals surface area contributed by atoms with Crippen LogP contribution in [-0.4, -0.2) is 42.9 Å². The van der Waals surface area contributed by atoms with E-state index >= 15 is 0 Å². The lowest BCUT2D eigenvalue weighted by molar-refractivity contribution is 0.0668. The van der Waals surface area contributed by atoms with Gasteiger partial charge in [-0.1, -0.05) is 24.3 Å². The molecule has 2 aliphatic heterocycles. The van der Waals surface area contributed by atoms with Gasteiger partial charge in [0.1, 0.15) is 30.0 Å². The molecule has 0 spiro atoms. The number of nitrogens with zero attached hydrogens (tertiary/aromatic N) is 1. The molecule has 1 fully saturated rings. The van der Waals surface area contributed by atoms with Crippen LogP contribution in [-0.2, 0) is 0 Å². The molecule has 3 N–H and O–H groups in total. The molecule has 2 heterocycles. The lowest BCUT2D eigenvalue weighted by Gasteiger charge is -2.37. The topological polar surface area (TPSA) is 68.0 Å². The van der Waals surface area contributed by atoms with Gasteiger partial charge in [-0.2, -0.15) is 0 Å². The van der Waals surface area contributed by atoms with Crippen molar-refractivity contribution in [2.24, 2.45) is 5.92 Å². The van der Waals surface area contributed by atoms with E-state index in [0.29, 0.717) is 12.3 Å². The number of nitrogens with two attached hydrogens (primary N) is 1. The van der Waals surface area contributed by atoms with E-state index in [2.05, 4.69) is 11.8 Å². The molecule has 34 heavy (non-hydrogen) atoms. The predicted octanol–water partition coefficient (Wildman–Crippen LogP) is 5.32. The first-order chi connectivity index (χ1) is 16.5. The first kappa shape index (κ1) is 22.3. The monoisotopic (exact) mass is 460 g/mol. The van der Waals surface area contributed by atoms with Gasteiger partial charge in [-0.3, -0.25) is 9.29 Å². The Morgan fingerprint density at radius 2 is 1.79 bits per heavy atom. The van der Waals surface area contributed by atoms with Crippen LogP contribution in [0.3, 0.4) is 0 Å². The van der Waals surface area contributed by atoms with E-state index in [-0.39, 0.29) is 24.4 Å². The lowest BCUT2D eigenvalue weighted by Crippen LogP contribution is -2.49. The van der Waals surface area contributed by atoms with E-state index in [1.165, 1.54) is 0 Å². The molecule has 0 amide bonds. The molecule has 0 aromatic heterocycles. The molecule has 0 bridgehead atoms.